The van der Waals surface area contributed by atoms with Gasteiger partial charge in [-0.2, -0.15) is 0 Å². The minimum atomic E-state index is -0.700. The van der Waals surface area contributed by atoms with Gasteiger partial charge in [0.05, 0.1) is 0 Å². The molecule has 1 unspecified atom stereocenters. The molecule has 0 heterocycles. The number of amides is 3. The van der Waals surface area contributed by atoms with Gasteiger partial charge >= 0.3 is 6.03 Å². The first-order chi connectivity index (χ1) is 12.4. The van der Waals surface area contributed by atoms with Gasteiger partial charge in [-0.1, -0.05) is 44.2 Å². The van der Waals surface area contributed by atoms with Gasteiger partial charge in [-0.05, 0) is 42.2 Å². The molecule has 26 heavy (non-hydrogen) atoms. The number of benzene rings is 2. The molecule has 0 saturated carbocycles. The van der Waals surface area contributed by atoms with E-state index in [2.05, 4.69) is 16.0 Å². The summed E-state index contributed by atoms with van der Waals surface area (Å²) < 4.78 is 13.6. The zero-order chi connectivity index (χ0) is 19.1. The lowest BCUT2D eigenvalue weighted by Crippen LogP contribution is -2.50. The van der Waals surface area contributed by atoms with Gasteiger partial charge in [-0.15, -0.1) is 0 Å². The Kier molecular flexibility index (Phi) is 6.72. The standard InChI is InChI=1S/C20H24FN3O2/c1-13(2)18(24-20(26)23-16-7-5-4-6-8-16)19(25)22-12-15-10-9-14(3)17(21)11-15/h4-11,13,18H,12H2,1-3H3,(H,22,25)(H2,23,24,26). The molecule has 6 heteroatoms. The van der Waals surface area contributed by atoms with Crippen molar-refractivity contribution in [3.63, 3.8) is 0 Å². The molecule has 0 fully saturated rings. The number of anilines is 1. The number of nitrogens with one attached hydrogen (secondary N) is 3. The van der Waals surface area contributed by atoms with Crippen molar-refractivity contribution in [1.82, 2.24) is 10.6 Å². The second-order valence-corrected chi connectivity index (χ2v) is 6.49. The predicted octanol–water partition coefficient (Wildman–Crippen LogP) is 3.60. The Labute approximate surface area is 153 Å². The van der Waals surface area contributed by atoms with Crippen LogP contribution in [-0.4, -0.2) is 18.0 Å². The first-order valence-electron chi connectivity index (χ1n) is 8.52. The summed E-state index contributed by atoms with van der Waals surface area (Å²) in [6, 6.07) is 12.7. The maximum Gasteiger partial charge on any atom is 0.319 e. The fourth-order valence-electron chi connectivity index (χ4n) is 2.41. The molecule has 3 amide bonds. The van der Waals surface area contributed by atoms with E-state index in [1.54, 1.807) is 31.2 Å². The zero-order valence-corrected chi connectivity index (χ0v) is 15.2. The zero-order valence-electron chi connectivity index (χ0n) is 15.2. The van der Waals surface area contributed by atoms with Gasteiger partial charge in [0.1, 0.15) is 11.9 Å². The Bertz CT molecular complexity index is 763. The van der Waals surface area contributed by atoms with E-state index in [1.165, 1.54) is 6.07 Å². The van der Waals surface area contributed by atoms with Crippen LogP contribution >= 0.6 is 0 Å². The first kappa shape index (κ1) is 19.4. The summed E-state index contributed by atoms with van der Waals surface area (Å²) in [5, 5.41) is 8.12. The molecular weight excluding hydrogens is 333 g/mol. The number of urea groups is 1. The Morgan fingerprint density at radius 1 is 1.08 bits per heavy atom. The highest BCUT2D eigenvalue weighted by Gasteiger charge is 2.24. The molecule has 1 atom stereocenters. The number of rotatable bonds is 6. The van der Waals surface area contributed by atoms with Gasteiger partial charge < -0.3 is 16.0 Å². The molecule has 0 bridgehead atoms. The van der Waals surface area contributed by atoms with Crippen molar-refractivity contribution in [3.05, 3.63) is 65.5 Å². The van der Waals surface area contributed by atoms with Gasteiger partial charge in [0.25, 0.3) is 0 Å². The maximum atomic E-state index is 13.6. The number of aryl methyl sites for hydroxylation is 1. The molecule has 0 aliphatic carbocycles. The molecule has 0 radical (unpaired) electrons. The molecule has 3 N–H and O–H groups in total. The highest BCUT2D eigenvalue weighted by Crippen LogP contribution is 2.10. The lowest BCUT2D eigenvalue weighted by molar-refractivity contribution is -0.124. The van der Waals surface area contributed by atoms with Crippen LogP contribution in [0.1, 0.15) is 25.0 Å². The molecule has 2 aromatic carbocycles. The molecule has 2 rings (SSSR count). The van der Waals surface area contributed by atoms with Crippen LogP contribution in [0.4, 0.5) is 14.9 Å². The van der Waals surface area contributed by atoms with E-state index in [1.807, 2.05) is 32.0 Å². The van der Waals surface area contributed by atoms with Crippen LogP contribution in [0.3, 0.4) is 0 Å². The highest BCUT2D eigenvalue weighted by atomic mass is 19.1. The lowest BCUT2D eigenvalue weighted by atomic mass is 10.0. The second kappa shape index (κ2) is 8.99. The third kappa shape index (κ3) is 5.58. The van der Waals surface area contributed by atoms with E-state index in [0.717, 1.165) is 0 Å². The van der Waals surface area contributed by atoms with Crippen LogP contribution in [0.2, 0.25) is 0 Å². The number of carbonyl (C=O) groups excluding carboxylic acids is 2. The average Bonchev–Trinajstić information content (AvgIpc) is 2.61. The van der Waals surface area contributed by atoms with E-state index < -0.39 is 12.1 Å². The van der Waals surface area contributed by atoms with Crippen molar-refractivity contribution in [2.24, 2.45) is 5.92 Å². The molecule has 0 spiro atoms. The van der Waals surface area contributed by atoms with E-state index in [9.17, 15) is 14.0 Å². The number of hydrogen-bond donors (Lipinski definition) is 3. The second-order valence-electron chi connectivity index (χ2n) is 6.49. The summed E-state index contributed by atoms with van der Waals surface area (Å²) in [5.74, 6) is -0.729. The Morgan fingerprint density at radius 3 is 2.38 bits per heavy atom. The van der Waals surface area contributed by atoms with Crippen LogP contribution in [0, 0.1) is 18.7 Å². The topological polar surface area (TPSA) is 70.2 Å². The number of carbonyl (C=O) groups is 2. The van der Waals surface area contributed by atoms with Gasteiger partial charge in [-0.25, -0.2) is 9.18 Å². The minimum Gasteiger partial charge on any atom is -0.350 e. The number of hydrogen-bond acceptors (Lipinski definition) is 2. The van der Waals surface area contributed by atoms with Crippen molar-refractivity contribution in [2.45, 2.75) is 33.4 Å². The fraction of sp³-hybridized carbons (Fsp3) is 0.300. The van der Waals surface area contributed by atoms with Gasteiger partial charge in [-0.3, -0.25) is 4.79 Å². The molecule has 138 valence electrons. The summed E-state index contributed by atoms with van der Waals surface area (Å²) in [7, 11) is 0. The van der Waals surface area contributed by atoms with E-state index in [-0.39, 0.29) is 24.2 Å². The van der Waals surface area contributed by atoms with Crippen molar-refractivity contribution in [1.29, 1.82) is 0 Å². The van der Waals surface area contributed by atoms with Crippen molar-refractivity contribution < 1.29 is 14.0 Å². The Hall–Kier alpha value is -2.89. The number of para-hydroxylation sites is 1. The van der Waals surface area contributed by atoms with Crippen molar-refractivity contribution in [2.75, 3.05) is 5.32 Å². The van der Waals surface area contributed by atoms with Crippen LogP contribution < -0.4 is 16.0 Å². The molecule has 2 aromatic rings. The molecule has 0 aliphatic rings. The quantitative estimate of drug-likeness (QED) is 0.739. The third-order valence-corrected chi connectivity index (χ3v) is 3.97. The summed E-state index contributed by atoms with van der Waals surface area (Å²) in [6.07, 6.45) is 0. The van der Waals surface area contributed by atoms with Crippen molar-refractivity contribution >= 4 is 17.6 Å². The molecular formula is C20H24FN3O2. The number of halogens is 1. The summed E-state index contributed by atoms with van der Waals surface area (Å²) in [4.78, 5) is 24.6. The largest absolute Gasteiger partial charge is 0.350 e. The third-order valence-electron chi connectivity index (χ3n) is 3.97. The van der Waals surface area contributed by atoms with Gasteiger partial charge in [0, 0.05) is 12.2 Å². The first-order valence-corrected chi connectivity index (χ1v) is 8.52. The summed E-state index contributed by atoms with van der Waals surface area (Å²) in [6.45, 7) is 5.57. The van der Waals surface area contributed by atoms with Crippen molar-refractivity contribution in [3.8, 4) is 0 Å². The summed E-state index contributed by atoms with van der Waals surface area (Å²) >= 11 is 0. The van der Waals surface area contributed by atoms with E-state index >= 15 is 0 Å². The Morgan fingerprint density at radius 2 is 1.77 bits per heavy atom. The van der Waals surface area contributed by atoms with Crippen LogP contribution in [0.15, 0.2) is 48.5 Å². The molecule has 0 aliphatic heterocycles. The monoisotopic (exact) mass is 357 g/mol. The average molecular weight is 357 g/mol. The van der Waals surface area contributed by atoms with Gasteiger partial charge in [0.2, 0.25) is 5.91 Å². The van der Waals surface area contributed by atoms with Gasteiger partial charge in [0.15, 0.2) is 0 Å². The highest BCUT2D eigenvalue weighted by molar-refractivity contribution is 5.93. The molecule has 5 nitrogen and oxygen atoms in total. The maximum absolute atomic E-state index is 13.6. The Balaban J connectivity index is 1.93. The van der Waals surface area contributed by atoms with E-state index in [0.29, 0.717) is 16.8 Å². The van der Waals surface area contributed by atoms with Crippen LogP contribution in [-0.2, 0) is 11.3 Å². The predicted molar refractivity (Wildman–Crippen MR) is 100 cm³/mol. The lowest BCUT2D eigenvalue weighted by Gasteiger charge is -2.22. The molecule has 0 aromatic heterocycles. The smallest absolute Gasteiger partial charge is 0.319 e. The normalized spacial score (nSPS) is 11.7. The van der Waals surface area contributed by atoms with Crippen LogP contribution in [0.25, 0.3) is 0 Å². The van der Waals surface area contributed by atoms with E-state index in [4.69, 9.17) is 0 Å². The fourth-order valence-corrected chi connectivity index (χ4v) is 2.41. The minimum absolute atomic E-state index is 0.105. The summed E-state index contributed by atoms with van der Waals surface area (Å²) in [5.41, 5.74) is 1.86. The van der Waals surface area contributed by atoms with Crippen LogP contribution in [0.5, 0.6) is 0 Å². The molecule has 0 saturated heterocycles. The SMILES string of the molecule is Cc1ccc(CNC(=O)C(NC(=O)Nc2ccccc2)C(C)C)cc1F.